The average molecular weight is 607 g/mol. The van der Waals surface area contributed by atoms with Crippen LogP contribution in [0, 0.1) is 6.92 Å². The summed E-state index contributed by atoms with van der Waals surface area (Å²) in [7, 11) is -2.32. The van der Waals surface area contributed by atoms with Gasteiger partial charge in [-0.3, -0.25) is 9.59 Å². The van der Waals surface area contributed by atoms with Crippen LogP contribution in [0.15, 0.2) is 71.6 Å². The van der Waals surface area contributed by atoms with Gasteiger partial charge in [0.15, 0.2) is 15.6 Å². The average Bonchev–Trinajstić information content (AvgIpc) is 3.23. The van der Waals surface area contributed by atoms with E-state index in [2.05, 4.69) is 5.32 Å². The number of aryl methyl sites for hydroxylation is 2. The van der Waals surface area contributed by atoms with E-state index in [1.807, 2.05) is 19.1 Å². The summed E-state index contributed by atoms with van der Waals surface area (Å²) in [5, 5.41) is 4.18. The third kappa shape index (κ3) is 6.91. The van der Waals surface area contributed by atoms with Gasteiger partial charge in [-0.2, -0.15) is 13.2 Å². The molecule has 12 heteroatoms. The quantitative estimate of drug-likeness (QED) is 0.242. The third-order valence-electron chi connectivity index (χ3n) is 6.54. The molecule has 0 saturated carbocycles. The topological polar surface area (TPSA) is 94.5 Å². The Bertz CT molecular complexity index is 1730. The van der Waals surface area contributed by atoms with Gasteiger partial charge >= 0.3 is 12.1 Å². The highest BCUT2D eigenvalue weighted by Crippen LogP contribution is 2.30. The fraction of sp³-hybridized carbons (Fsp3) is 0.241. The molecule has 0 fully saturated rings. The minimum absolute atomic E-state index is 0.0765. The molecule has 1 aromatic heterocycles. The third-order valence-corrected chi connectivity index (χ3v) is 8.46. The number of aromatic nitrogens is 1. The summed E-state index contributed by atoms with van der Waals surface area (Å²) < 4.78 is 70.7. The zero-order valence-corrected chi connectivity index (χ0v) is 23.8. The maximum absolute atomic E-state index is 13.0. The van der Waals surface area contributed by atoms with Crippen LogP contribution in [0.2, 0.25) is 5.02 Å². The number of nitrogens with zero attached hydrogens (tertiary/aromatic N) is 1. The van der Waals surface area contributed by atoms with Crippen molar-refractivity contribution in [3.8, 4) is 0 Å². The maximum atomic E-state index is 13.0. The smallest absolute Gasteiger partial charge is 0.416 e. The molecule has 0 aliphatic rings. The van der Waals surface area contributed by atoms with Gasteiger partial charge in [0.25, 0.3) is 5.91 Å². The molecule has 4 aromatic rings. The minimum atomic E-state index is -4.56. The number of sulfone groups is 1. The fourth-order valence-corrected chi connectivity index (χ4v) is 5.77. The van der Waals surface area contributed by atoms with E-state index in [4.69, 9.17) is 16.3 Å². The molecule has 4 rings (SSSR count). The van der Waals surface area contributed by atoms with Crippen molar-refractivity contribution in [2.75, 3.05) is 5.75 Å². The van der Waals surface area contributed by atoms with Crippen molar-refractivity contribution in [3.63, 3.8) is 0 Å². The normalized spacial score (nSPS) is 12.8. The molecule has 3 aromatic carbocycles. The molecule has 0 spiro atoms. The summed E-state index contributed by atoms with van der Waals surface area (Å²) in [6.45, 7) is 3.15. The first-order valence-corrected chi connectivity index (χ1v) is 14.4. The van der Waals surface area contributed by atoms with E-state index in [0.29, 0.717) is 16.3 Å². The summed E-state index contributed by atoms with van der Waals surface area (Å²) in [5.74, 6) is -2.43. The standard InChI is InChI=1S/C29H26ClF3N2O5S/c1-17-11-24(30)23-14-26(35(3)25(23)12-17)28(37)34-18(2)20-7-9-22(10-8-20)41(38,39)16-27(36)40-15-19-5-4-6-21(13-19)29(31,32)33/h4-14,18H,15-16H2,1-3H3,(H,34,37)/t18-/m1/s1. The van der Waals surface area contributed by atoms with Crippen molar-refractivity contribution in [2.24, 2.45) is 7.05 Å². The van der Waals surface area contributed by atoms with Crippen molar-refractivity contribution in [1.29, 1.82) is 0 Å². The second-order valence-corrected chi connectivity index (χ2v) is 12.0. The van der Waals surface area contributed by atoms with Crippen LogP contribution < -0.4 is 5.32 Å². The summed E-state index contributed by atoms with van der Waals surface area (Å²) >= 11 is 6.34. The zero-order chi connectivity index (χ0) is 30.1. The number of benzene rings is 3. The Balaban J connectivity index is 1.38. The molecule has 41 heavy (non-hydrogen) atoms. The number of hydrogen-bond acceptors (Lipinski definition) is 5. The van der Waals surface area contributed by atoms with Gasteiger partial charge in [0, 0.05) is 12.4 Å². The van der Waals surface area contributed by atoms with Crippen LogP contribution in [-0.2, 0) is 39.2 Å². The number of nitrogens with one attached hydrogen (secondary N) is 1. The highest BCUT2D eigenvalue weighted by atomic mass is 35.5. The first-order valence-electron chi connectivity index (χ1n) is 12.4. The summed E-state index contributed by atoms with van der Waals surface area (Å²) in [4.78, 5) is 25.0. The van der Waals surface area contributed by atoms with Crippen LogP contribution >= 0.6 is 11.6 Å². The van der Waals surface area contributed by atoms with Gasteiger partial charge in [-0.25, -0.2) is 8.42 Å². The molecule has 0 aliphatic carbocycles. The van der Waals surface area contributed by atoms with Crippen molar-refractivity contribution in [3.05, 3.63) is 99.7 Å². The number of halogens is 4. The van der Waals surface area contributed by atoms with E-state index in [1.54, 1.807) is 24.6 Å². The van der Waals surface area contributed by atoms with Gasteiger partial charge in [-0.15, -0.1) is 0 Å². The van der Waals surface area contributed by atoms with E-state index in [-0.39, 0.29) is 16.4 Å². The zero-order valence-electron chi connectivity index (χ0n) is 22.3. The number of hydrogen-bond donors (Lipinski definition) is 1. The highest BCUT2D eigenvalue weighted by Gasteiger charge is 2.30. The number of carbonyl (C=O) groups excluding carboxylic acids is 2. The number of esters is 1. The largest absolute Gasteiger partial charge is 0.460 e. The van der Waals surface area contributed by atoms with Crippen LogP contribution in [0.1, 0.15) is 45.7 Å². The first kappa shape index (κ1) is 30.1. The summed E-state index contributed by atoms with van der Waals surface area (Å²) in [6, 6.07) is 14.9. The molecule has 1 heterocycles. The van der Waals surface area contributed by atoms with Crippen molar-refractivity contribution >= 4 is 44.2 Å². The predicted molar refractivity (Wildman–Crippen MR) is 148 cm³/mol. The van der Waals surface area contributed by atoms with E-state index in [0.717, 1.165) is 28.6 Å². The number of amides is 1. The lowest BCUT2D eigenvalue weighted by atomic mass is 10.1. The molecular formula is C29H26ClF3N2O5S. The second kappa shape index (κ2) is 11.6. The van der Waals surface area contributed by atoms with Gasteiger partial charge in [0.05, 0.1) is 27.0 Å². The fourth-order valence-electron chi connectivity index (χ4n) is 4.34. The Kier molecular flexibility index (Phi) is 8.51. The lowest BCUT2D eigenvalue weighted by Gasteiger charge is -2.15. The van der Waals surface area contributed by atoms with Crippen LogP contribution in [0.5, 0.6) is 0 Å². The predicted octanol–water partition coefficient (Wildman–Crippen LogP) is 6.17. The lowest BCUT2D eigenvalue weighted by Crippen LogP contribution is -2.28. The second-order valence-electron chi connectivity index (χ2n) is 9.65. The van der Waals surface area contributed by atoms with Crippen LogP contribution in [0.25, 0.3) is 10.9 Å². The molecule has 0 aliphatic heterocycles. The molecule has 0 radical (unpaired) electrons. The van der Waals surface area contributed by atoms with Crippen LogP contribution in [0.4, 0.5) is 13.2 Å². The molecule has 1 atom stereocenters. The SMILES string of the molecule is Cc1cc(Cl)c2cc(C(=O)N[C@H](C)c3ccc(S(=O)(=O)CC(=O)OCc4cccc(C(F)(F)F)c4)cc3)n(C)c2c1. The van der Waals surface area contributed by atoms with Gasteiger partial charge in [0.2, 0.25) is 0 Å². The summed E-state index contributed by atoms with van der Waals surface area (Å²) in [6.07, 6.45) is -4.56. The minimum Gasteiger partial charge on any atom is -0.460 e. The summed E-state index contributed by atoms with van der Waals surface area (Å²) in [5.41, 5.74) is 1.98. The lowest BCUT2D eigenvalue weighted by molar-refractivity contribution is -0.141. The van der Waals surface area contributed by atoms with Gasteiger partial charge in [-0.05, 0) is 73.0 Å². The Hall–Kier alpha value is -3.83. The molecule has 1 N–H and O–H groups in total. The number of fused-ring (bicyclic) bond motifs is 1. The number of rotatable bonds is 8. The highest BCUT2D eigenvalue weighted by molar-refractivity contribution is 7.92. The molecule has 1 amide bonds. The Morgan fingerprint density at radius 3 is 2.39 bits per heavy atom. The maximum Gasteiger partial charge on any atom is 0.416 e. The molecule has 216 valence electrons. The van der Waals surface area contributed by atoms with Gasteiger partial charge in [-0.1, -0.05) is 35.9 Å². The number of alkyl halides is 3. The van der Waals surface area contributed by atoms with Crippen LogP contribution in [-0.4, -0.2) is 30.6 Å². The number of carbonyl (C=O) groups is 2. The van der Waals surface area contributed by atoms with E-state index < -0.39 is 45.9 Å². The molecule has 0 unspecified atom stereocenters. The monoisotopic (exact) mass is 606 g/mol. The molecular weight excluding hydrogens is 581 g/mol. The van der Waals surface area contributed by atoms with E-state index in [1.165, 1.54) is 36.4 Å². The van der Waals surface area contributed by atoms with E-state index >= 15 is 0 Å². The Morgan fingerprint density at radius 1 is 1.05 bits per heavy atom. The van der Waals surface area contributed by atoms with Crippen molar-refractivity contribution in [1.82, 2.24) is 9.88 Å². The Morgan fingerprint density at radius 2 is 1.73 bits per heavy atom. The first-order chi connectivity index (χ1) is 19.2. The molecule has 0 bridgehead atoms. The molecule has 7 nitrogen and oxygen atoms in total. The van der Waals surface area contributed by atoms with Crippen LogP contribution in [0.3, 0.4) is 0 Å². The number of ether oxygens (including phenoxy) is 1. The molecule has 0 saturated heterocycles. The van der Waals surface area contributed by atoms with Gasteiger partial charge < -0.3 is 14.6 Å². The van der Waals surface area contributed by atoms with Gasteiger partial charge in [0.1, 0.15) is 12.3 Å². The van der Waals surface area contributed by atoms with E-state index in [9.17, 15) is 31.2 Å². The Labute approximate surface area is 239 Å². The van der Waals surface area contributed by atoms with Crippen molar-refractivity contribution < 1.29 is 35.9 Å². The van der Waals surface area contributed by atoms with Crippen molar-refractivity contribution in [2.45, 2.75) is 37.6 Å².